The van der Waals surface area contributed by atoms with Crippen molar-refractivity contribution in [3.8, 4) is 0 Å². The quantitative estimate of drug-likeness (QED) is 0.573. The lowest BCUT2D eigenvalue weighted by Crippen LogP contribution is -2.50. The van der Waals surface area contributed by atoms with E-state index in [1.807, 2.05) is 0 Å². The largest absolute Gasteiger partial charge is 0.387 e. The second-order valence-electron chi connectivity index (χ2n) is 4.99. The molecular formula is C11H24N4O2S. The molecule has 0 atom stereocenters. The Hall–Kier alpha value is -0.660. The number of nitrogens with one attached hydrogen (secondary N) is 1. The van der Waals surface area contributed by atoms with E-state index in [9.17, 15) is 8.42 Å². The average molecular weight is 276 g/mol. The van der Waals surface area contributed by atoms with Crippen LogP contribution in [0, 0.1) is 5.41 Å². The van der Waals surface area contributed by atoms with Crippen LogP contribution < -0.4 is 5.73 Å². The Morgan fingerprint density at radius 1 is 1.28 bits per heavy atom. The van der Waals surface area contributed by atoms with Gasteiger partial charge in [0.05, 0.1) is 6.54 Å². The first-order valence-electron chi connectivity index (χ1n) is 6.45. The van der Waals surface area contributed by atoms with Crippen molar-refractivity contribution in [1.82, 2.24) is 8.61 Å². The zero-order valence-corrected chi connectivity index (χ0v) is 12.0. The lowest BCUT2D eigenvalue weighted by Gasteiger charge is -2.31. The van der Waals surface area contributed by atoms with E-state index in [1.165, 1.54) is 8.61 Å². The van der Waals surface area contributed by atoms with E-state index in [2.05, 4.69) is 0 Å². The molecule has 0 aromatic heterocycles. The standard InChI is InChI=1S/C11H24N4O2S/c1-10(2)15(9-11(12)13)18(16,17)14-7-5-3-4-6-8-14/h10H,3-9H2,1-2H3,(H3,12,13). The highest BCUT2D eigenvalue weighted by molar-refractivity contribution is 7.86. The highest BCUT2D eigenvalue weighted by Gasteiger charge is 2.32. The van der Waals surface area contributed by atoms with Crippen LogP contribution in [-0.2, 0) is 10.2 Å². The molecule has 0 spiro atoms. The smallest absolute Gasteiger partial charge is 0.282 e. The summed E-state index contributed by atoms with van der Waals surface area (Å²) < 4.78 is 27.9. The summed E-state index contributed by atoms with van der Waals surface area (Å²) in [5.41, 5.74) is 5.35. The molecule has 106 valence electrons. The number of nitrogens with two attached hydrogens (primary N) is 1. The Labute approximate surface area is 110 Å². The van der Waals surface area contributed by atoms with E-state index >= 15 is 0 Å². The fraction of sp³-hybridized carbons (Fsp3) is 0.909. The summed E-state index contributed by atoms with van der Waals surface area (Å²) in [5, 5.41) is 7.31. The lowest BCUT2D eigenvalue weighted by molar-refractivity contribution is 0.327. The Morgan fingerprint density at radius 2 is 1.78 bits per heavy atom. The molecule has 0 unspecified atom stereocenters. The van der Waals surface area contributed by atoms with Gasteiger partial charge in [0.15, 0.2) is 0 Å². The minimum atomic E-state index is -3.50. The summed E-state index contributed by atoms with van der Waals surface area (Å²) in [5.74, 6) is -0.123. The zero-order chi connectivity index (χ0) is 13.8. The summed E-state index contributed by atoms with van der Waals surface area (Å²) in [6, 6.07) is -0.192. The van der Waals surface area contributed by atoms with Gasteiger partial charge in [0.2, 0.25) is 0 Å². The first-order chi connectivity index (χ1) is 8.35. The fourth-order valence-electron chi connectivity index (χ4n) is 2.12. The highest BCUT2D eigenvalue weighted by atomic mass is 32.2. The molecule has 1 rings (SSSR count). The van der Waals surface area contributed by atoms with Crippen molar-refractivity contribution in [1.29, 1.82) is 5.41 Å². The summed E-state index contributed by atoms with van der Waals surface area (Å²) >= 11 is 0. The molecule has 7 heteroatoms. The summed E-state index contributed by atoms with van der Waals surface area (Å²) in [6.45, 7) is 4.72. The molecule has 3 N–H and O–H groups in total. The van der Waals surface area contributed by atoms with Gasteiger partial charge in [0.1, 0.15) is 5.84 Å². The number of hydrogen-bond acceptors (Lipinski definition) is 3. The summed E-state index contributed by atoms with van der Waals surface area (Å²) in [6.07, 6.45) is 3.98. The van der Waals surface area contributed by atoms with E-state index in [1.54, 1.807) is 13.8 Å². The van der Waals surface area contributed by atoms with Crippen molar-refractivity contribution < 1.29 is 8.42 Å². The maximum absolute atomic E-state index is 12.5. The van der Waals surface area contributed by atoms with E-state index in [4.69, 9.17) is 11.1 Å². The van der Waals surface area contributed by atoms with Crippen LogP contribution in [0.25, 0.3) is 0 Å². The van der Waals surface area contributed by atoms with Gasteiger partial charge in [-0.25, -0.2) is 0 Å². The molecule has 1 heterocycles. The third kappa shape index (κ3) is 3.93. The van der Waals surface area contributed by atoms with Crippen LogP contribution >= 0.6 is 0 Å². The predicted molar refractivity (Wildman–Crippen MR) is 72.7 cm³/mol. The number of amidine groups is 1. The van der Waals surface area contributed by atoms with Crippen molar-refractivity contribution in [2.45, 2.75) is 45.6 Å². The predicted octanol–water partition coefficient (Wildman–Crippen LogP) is 0.754. The molecule has 1 saturated heterocycles. The SMILES string of the molecule is CC(C)N(CC(=N)N)S(=O)(=O)N1CCCCCC1. The number of rotatable bonds is 5. The Morgan fingerprint density at radius 3 is 2.17 bits per heavy atom. The van der Waals surface area contributed by atoms with Crippen molar-refractivity contribution in [2.24, 2.45) is 5.73 Å². The average Bonchev–Trinajstić information content (AvgIpc) is 2.53. The van der Waals surface area contributed by atoms with Crippen molar-refractivity contribution in [3.05, 3.63) is 0 Å². The first-order valence-corrected chi connectivity index (χ1v) is 7.85. The van der Waals surface area contributed by atoms with Gasteiger partial charge >= 0.3 is 0 Å². The van der Waals surface area contributed by atoms with Crippen LogP contribution in [-0.4, -0.2) is 48.5 Å². The van der Waals surface area contributed by atoms with E-state index in [0.29, 0.717) is 13.1 Å². The van der Waals surface area contributed by atoms with Crippen LogP contribution in [0.2, 0.25) is 0 Å². The first kappa shape index (κ1) is 15.4. The highest BCUT2D eigenvalue weighted by Crippen LogP contribution is 2.18. The van der Waals surface area contributed by atoms with Gasteiger partial charge in [-0.15, -0.1) is 0 Å². The second-order valence-corrected chi connectivity index (χ2v) is 6.87. The Bertz CT molecular complexity index is 373. The van der Waals surface area contributed by atoms with Crippen LogP contribution in [0.4, 0.5) is 0 Å². The molecule has 0 aromatic carbocycles. The number of nitrogens with zero attached hydrogens (tertiary/aromatic N) is 2. The van der Waals surface area contributed by atoms with Crippen molar-refractivity contribution in [3.63, 3.8) is 0 Å². The molecule has 0 amide bonds. The maximum Gasteiger partial charge on any atom is 0.282 e. The van der Waals surface area contributed by atoms with Gasteiger partial charge in [-0.1, -0.05) is 12.8 Å². The Kier molecular flexibility index (Phi) is 5.55. The minimum Gasteiger partial charge on any atom is -0.387 e. The fourth-order valence-corrected chi connectivity index (χ4v) is 3.97. The molecule has 1 aliphatic rings. The van der Waals surface area contributed by atoms with E-state index in [-0.39, 0.29) is 18.4 Å². The number of hydrogen-bond donors (Lipinski definition) is 2. The van der Waals surface area contributed by atoms with Crippen molar-refractivity contribution >= 4 is 16.0 Å². The van der Waals surface area contributed by atoms with Gasteiger partial charge in [-0.05, 0) is 26.7 Å². The molecule has 0 aromatic rings. The molecule has 6 nitrogen and oxygen atoms in total. The molecule has 1 aliphatic heterocycles. The molecule has 1 fully saturated rings. The van der Waals surface area contributed by atoms with E-state index in [0.717, 1.165) is 25.7 Å². The molecule has 0 aliphatic carbocycles. The topological polar surface area (TPSA) is 90.5 Å². The van der Waals surface area contributed by atoms with Gasteiger partial charge in [0, 0.05) is 19.1 Å². The van der Waals surface area contributed by atoms with Gasteiger partial charge in [-0.3, -0.25) is 5.41 Å². The van der Waals surface area contributed by atoms with Crippen molar-refractivity contribution in [2.75, 3.05) is 19.6 Å². The molecular weight excluding hydrogens is 252 g/mol. The van der Waals surface area contributed by atoms with Gasteiger partial charge < -0.3 is 5.73 Å². The minimum absolute atomic E-state index is 0.0312. The third-order valence-corrected chi connectivity index (χ3v) is 5.25. The molecule has 0 bridgehead atoms. The normalized spacial score (nSPS) is 19.1. The second kappa shape index (κ2) is 6.49. The molecule has 0 saturated carbocycles. The molecule has 0 radical (unpaired) electrons. The summed E-state index contributed by atoms with van der Waals surface area (Å²) in [7, 11) is -3.50. The van der Waals surface area contributed by atoms with Gasteiger partial charge in [0.25, 0.3) is 10.2 Å². The summed E-state index contributed by atoms with van der Waals surface area (Å²) in [4.78, 5) is 0. The zero-order valence-electron chi connectivity index (χ0n) is 11.2. The van der Waals surface area contributed by atoms with Gasteiger partial charge in [-0.2, -0.15) is 17.0 Å². The van der Waals surface area contributed by atoms with Crippen LogP contribution in [0.3, 0.4) is 0 Å². The molecule has 18 heavy (non-hydrogen) atoms. The Balaban J connectivity index is 2.88. The third-order valence-electron chi connectivity index (χ3n) is 3.09. The van der Waals surface area contributed by atoms with Crippen LogP contribution in [0.1, 0.15) is 39.5 Å². The van der Waals surface area contributed by atoms with E-state index < -0.39 is 10.2 Å². The lowest BCUT2D eigenvalue weighted by atomic mass is 10.2. The van der Waals surface area contributed by atoms with Crippen LogP contribution in [0.15, 0.2) is 0 Å². The monoisotopic (exact) mass is 276 g/mol. The maximum atomic E-state index is 12.5. The van der Waals surface area contributed by atoms with Crippen LogP contribution in [0.5, 0.6) is 0 Å².